The summed E-state index contributed by atoms with van der Waals surface area (Å²) in [5.74, 6) is 0.0456. The van der Waals surface area contributed by atoms with Gasteiger partial charge in [-0.1, -0.05) is 0 Å². The molecular formula is C10H9ClN2O. The minimum atomic E-state index is 0.0456. The molecule has 2 rings (SSSR count). The van der Waals surface area contributed by atoms with Crippen molar-refractivity contribution >= 4 is 22.9 Å². The first kappa shape index (κ1) is 9.21. The van der Waals surface area contributed by atoms with Gasteiger partial charge >= 0.3 is 0 Å². The largest absolute Gasteiger partial charge is 0.295 e. The maximum atomic E-state index is 11.1. The molecule has 0 spiro atoms. The van der Waals surface area contributed by atoms with Crippen LogP contribution in [0.15, 0.2) is 18.3 Å². The number of rotatable bonds is 1. The molecule has 0 saturated carbocycles. The van der Waals surface area contributed by atoms with Crippen molar-refractivity contribution in [2.45, 2.75) is 13.8 Å². The van der Waals surface area contributed by atoms with Crippen LogP contribution in [-0.4, -0.2) is 15.2 Å². The van der Waals surface area contributed by atoms with Crippen molar-refractivity contribution < 1.29 is 4.79 Å². The number of aromatic nitrogens is 2. The fourth-order valence-corrected chi connectivity index (χ4v) is 1.68. The second-order valence-corrected chi connectivity index (χ2v) is 3.53. The Hall–Kier alpha value is -1.35. The highest BCUT2D eigenvalue weighted by Crippen LogP contribution is 2.17. The first-order valence-corrected chi connectivity index (χ1v) is 4.62. The molecule has 0 unspecified atom stereocenters. The fraction of sp³-hybridized carbons (Fsp3) is 0.200. The van der Waals surface area contributed by atoms with Gasteiger partial charge in [-0.3, -0.25) is 9.20 Å². The summed E-state index contributed by atoms with van der Waals surface area (Å²) in [6, 6.07) is 3.54. The lowest BCUT2D eigenvalue weighted by molar-refractivity contribution is 0.101. The van der Waals surface area contributed by atoms with Crippen LogP contribution in [0.1, 0.15) is 23.0 Å². The number of ketones is 1. The molecule has 0 bridgehead atoms. The van der Waals surface area contributed by atoms with Crippen molar-refractivity contribution in [1.82, 2.24) is 9.38 Å². The standard InChI is InChI=1S/C10H9ClN2O/c1-6-9-5-8(7(2)14)3-4-13(9)10(11)12-6/h3-5H,1-2H3. The molecule has 2 heterocycles. The summed E-state index contributed by atoms with van der Waals surface area (Å²) in [6.45, 7) is 3.41. The van der Waals surface area contributed by atoms with Gasteiger partial charge in [-0.15, -0.1) is 0 Å². The zero-order valence-corrected chi connectivity index (χ0v) is 8.67. The van der Waals surface area contributed by atoms with E-state index in [2.05, 4.69) is 4.98 Å². The zero-order chi connectivity index (χ0) is 10.3. The number of hydrogen-bond acceptors (Lipinski definition) is 2. The maximum absolute atomic E-state index is 11.1. The van der Waals surface area contributed by atoms with E-state index in [0.717, 1.165) is 11.2 Å². The van der Waals surface area contributed by atoms with Crippen LogP contribution < -0.4 is 0 Å². The molecule has 0 aromatic carbocycles. The van der Waals surface area contributed by atoms with Gasteiger partial charge in [-0.05, 0) is 37.6 Å². The summed E-state index contributed by atoms with van der Waals surface area (Å²) >= 11 is 5.88. The van der Waals surface area contributed by atoms with Crippen LogP contribution in [0.25, 0.3) is 5.52 Å². The maximum Gasteiger partial charge on any atom is 0.207 e. The Balaban J connectivity index is 2.77. The average Bonchev–Trinajstić information content (AvgIpc) is 2.42. The third kappa shape index (κ3) is 1.30. The predicted molar refractivity (Wildman–Crippen MR) is 54.9 cm³/mol. The molecule has 0 N–H and O–H groups in total. The molecule has 0 aliphatic carbocycles. The molecule has 0 saturated heterocycles. The van der Waals surface area contributed by atoms with Crippen molar-refractivity contribution in [1.29, 1.82) is 0 Å². The van der Waals surface area contributed by atoms with Gasteiger partial charge in [-0.2, -0.15) is 0 Å². The molecule has 4 heteroatoms. The molecule has 0 amide bonds. The first-order chi connectivity index (χ1) is 6.59. The summed E-state index contributed by atoms with van der Waals surface area (Å²) in [5, 5.41) is 0.424. The Labute approximate surface area is 86.3 Å². The molecule has 3 nitrogen and oxygen atoms in total. The van der Waals surface area contributed by atoms with Crippen LogP contribution in [0, 0.1) is 6.92 Å². The predicted octanol–water partition coefficient (Wildman–Crippen LogP) is 2.50. The van der Waals surface area contributed by atoms with Crippen LogP contribution in [0.2, 0.25) is 5.28 Å². The fourth-order valence-electron chi connectivity index (χ4n) is 1.41. The molecule has 72 valence electrons. The minimum Gasteiger partial charge on any atom is -0.295 e. The number of hydrogen-bond donors (Lipinski definition) is 0. The smallest absolute Gasteiger partial charge is 0.207 e. The molecule has 0 radical (unpaired) electrons. The van der Waals surface area contributed by atoms with E-state index in [1.807, 2.05) is 6.92 Å². The molecule has 0 fully saturated rings. The highest BCUT2D eigenvalue weighted by molar-refractivity contribution is 6.28. The quantitative estimate of drug-likeness (QED) is 0.675. The number of imidazole rings is 1. The Morgan fingerprint density at radius 2 is 2.29 bits per heavy atom. The zero-order valence-electron chi connectivity index (χ0n) is 7.91. The van der Waals surface area contributed by atoms with E-state index in [9.17, 15) is 4.79 Å². The third-order valence-electron chi connectivity index (χ3n) is 2.19. The van der Waals surface area contributed by atoms with Gasteiger partial charge in [0.2, 0.25) is 5.28 Å². The van der Waals surface area contributed by atoms with Crippen LogP contribution >= 0.6 is 11.6 Å². The summed E-state index contributed by atoms with van der Waals surface area (Å²) in [7, 11) is 0. The van der Waals surface area contributed by atoms with Crippen molar-refractivity contribution in [3.05, 3.63) is 34.9 Å². The molecule has 0 aliphatic rings. The third-order valence-corrected chi connectivity index (χ3v) is 2.46. The first-order valence-electron chi connectivity index (χ1n) is 4.25. The normalized spacial score (nSPS) is 10.8. The van der Waals surface area contributed by atoms with Gasteiger partial charge in [0.15, 0.2) is 5.78 Å². The van der Waals surface area contributed by atoms with Crippen molar-refractivity contribution in [3.8, 4) is 0 Å². The van der Waals surface area contributed by atoms with Gasteiger partial charge in [0.25, 0.3) is 0 Å². The summed E-state index contributed by atoms with van der Waals surface area (Å²) in [4.78, 5) is 15.3. The summed E-state index contributed by atoms with van der Waals surface area (Å²) < 4.78 is 1.75. The molecule has 14 heavy (non-hydrogen) atoms. The number of Topliss-reactive ketones (excluding diaryl/α,β-unsaturated/α-hetero) is 1. The van der Waals surface area contributed by atoms with E-state index in [-0.39, 0.29) is 5.78 Å². The molecule has 2 aromatic heterocycles. The molecule has 2 aromatic rings. The number of halogens is 1. The Morgan fingerprint density at radius 1 is 1.57 bits per heavy atom. The average molecular weight is 209 g/mol. The highest BCUT2D eigenvalue weighted by atomic mass is 35.5. The van der Waals surface area contributed by atoms with Crippen molar-refractivity contribution in [2.24, 2.45) is 0 Å². The van der Waals surface area contributed by atoms with E-state index < -0.39 is 0 Å². The summed E-state index contributed by atoms with van der Waals surface area (Å²) in [5.41, 5.74) is 2.39. The van der Waals surface area contributed by atoms with Crippen molar-refractivity contribution in [3.63, 3.8) is 0 Å². The van der Waals surface area contributed by atoms with Crippen LogP contribution in [0.5, 0.6) is 0 Å². The van der Waals surface area contributed by atoms with Gasteiger partial charge in [0.1, 0.15) is 0 Å². The van der Waals surface area contributed by atoms with Crippen molar-refractivity contribution in [2.75, 3.05) is 0 Å². The number of fused-ring (bicyclic) bond motifs is 1. The topological polar surface area (TPSA) is 34.4 Å². The van der Waals surface area contributed by atoms with E-state index in [1.165, 1.54) is 0 Å². The van der Waals surface area contributed by atoms with Gasteiger partial charge in [0, 0.05) is 11.8 Å². The highest BCUT2D eigenvalue weighted by Gasteiger charge is 2.07. The van der Waals surface area contributed by atoms with Crippen LogP contribution in [0.3, 0.4) is 0 Å². The second-order valence-electron chi connectivity index (χ2n) is 3.19. The second kappa shape index (κ2) is 3.10. The van der Waals surface area contributed by atoms with E-state index in [0.29, 0.717) is 10.8 Å². The SMILES string of the molecule is CC(=O)c1ccn2c(Cl)nc(C)c2c1. The molecule has 0 aliphatic heterocycles. The number of carbonyl (C=O) groups excluding carboxylic acids is 1. The Kier molecular flexibility index (Phi) is 2.04. The Bertz CT molecular complexity index is 516. The minimum absolute atomic E-state index is 0.0456. The van der Waals surface area contributed by atoms with Crippen LogP contribution in [0.4, 0.5) is 0 Å². The van der Waals surface area contributed by atoms with Gasteiger partial charge in [-0.25, -0.2) is 4.98 Å². The summed E-state index contributed by atoms with van der Waals surface area (Å²) in [6.07, 6.45) is 1.76. The lowest BCUT2D eigenvalue weighted by atomic mass is 10.2. The number of carbonyl (C=O) groups is 1. The monoisotopic (exact) mass is 208 g/mol. The number of aryl methyl sites for hydroxylation is 1. The number of nitrogens with zero attached hydrogens (tertiary/aromatic N) is 2. The van der Waals surface area contributed by atoms with E-state index in [1.54, 1.807) is 29.7 Å². The van der Waals surface area contributed by atoms with E-state index >= 15 is 0 Å². The Morgan fingerprint density at radius 3 is 2.93 bits per heavy atom. The molecular weight excluding hydrogens is 200 g/mol. The molecule has 0 atom stereocenters. The van der Waals surface area contributed by atoms with E-state index in [4.69, 9.17) is 11.6 Å². The number of pyridine rings is 1. The van der Waals surface area contributed by atoms with Crippen LogP contribution in [-0.2, 0) is 0 Å². The van der Waals surface area contributed by atoms with Gasteiger partial charge < -0.3 is 0 Å². The lowest BCUT2D eigenvalue weighted by Gasteiger charge is -1.98. The van der Waals surface area contributed by atoms with Gasteiger partial charge in [0.05, 0.1) is 11.2 Å². The lowest BCUT2D eigenvalue weighted by Crippen LogP contribution is -1.94.